The van der Waals surface area contributed by atoms with E-state index in [4.69, 9.17) is 0 Å². The van der Waals surface area contributed by atoms with Crippen LogP contribution in [0, 0.1) is 17.2 Å². The summed E-state index contributed by atoms with van der Waals surface area (Å²) >= 11 is 1.60. The van der Waals surface area contributed by atoms with E-state index in [2.05, 4.69) is 61.0 Å². The summed E-state index contributed by atoms with van der Waals surface area (Å²) in [5.74, 6) is 0.591. The molecule has 0 saturated heterocycles. The van der Waals surface area contributed by atoms with Gasteiger partial charge in [0.1, 0.15) is 0 Å². The van der Waals surface area contributed by atoms with Crippen LogP contribution in [0.3, 0.4) is 0 Å². The van der Waals surface area contributed by atoms with Crippen LogP contribution in [0.15, 0.2) is 41.1 Å². The molecule has 0 spiro atoms. The number of benzene rings is 1. The SMILES string of the molecule is CC(C)N(CCN(C(=O)Nc1ccsc1)[C@H]1CC[C@]2(c3cccc(C#N)c3)CC2C1)C(C)C. The molecule has 2 fully saturated rings. The second-order valence-corrected chi connectivity index (χ2v) is 11.0. The van der Waals surface area contributed by atoms with Crippen LogP contribution < -0.4 is 5.32 Å². The summed E-state index contributed by atoms with van der Waals surface area (Å²) in [6.07, 6.45) is 4.30. The zero-order valence-corrected chi connectivity index (χ0v) is 21.1. The van der Waals surface area contributed by atoms with Gasteiger partial charge < -0.3 is 10.2 Å². The van der Waals surface area contributed by atoms with E-state index >= 15 is 0 Å². The molecule has 2 amide bonds. The fourth-order valence-electron chi connectivity index (χ4n) is 5.86. The molecular formula is C27H36N4OS. The Morgan fingerprint density at radius 3 is 2.67 bits per heavy atom. The number of carbonyl (C=O) groups excluding carboxylic acids is 1. The molecule has 1 aromatic carbocycles. The van der Waals surface area contributed by atoms with Crippen molar-refractivity contribution in [2.24, 2.45) is 5.92 Å². The van der Waals surface area contributed by atoms with E-state index in [1.807, 2.05) is 29.0 Å². The minimum absolute atomic E-state index is 0.0190. The number of nitrogens with zero attached hydrogens (tertiary/aromatic N) is 3. The van der Waals surface area contributed by atoms with Crippen molar-refractivity contribution in [3.63, 3.8) is 0 Å². The molecule has 2 aromatic rings. The Morgan fingerprint density at radius 2 is 2.03 bits per heavy atom. The quantitative estimate of drug-likeness (QED) is 0.515. The maximum atomic E-state index is 13.4. The molecule has 1 aromatic heterocycles. The van der Waals surface area contributed by atoms with E-state index in [0.717, 1.165) is 43.6 Å². The highest BCUT2D eigenvalue weighted by atomic mass is 32.1. The van der Waals surface area contributed by atoms with Crippen LogP contribution in [-0.4, -0.2) is 47.0 Å². The topological polar surface area (TPSA) is 59.4 Å². The van der Waals surface area contributed by atoms with Crippen LogP contribution in [-0.2, 0) is 5.41 Å². The van der Waals surface area contributed by atoms with Gasteiger partial charge in [0.05, 0.1) is 17.3 Å². The van der Waals surface area contributed by atoms with Crippen LogP contribution in [0.25, 0.3) is 0 Å². The highest BCUT2D eigenvalue weighted by Gasteiger charge is 2.58. The molecule has 1 heterocycles. The third-order valence-corrected chi connectivity index (χ3v) is 8.36. The van der Waals surface area contributed by atoms with Crippen LogP contribution >= 0.6 is 11.3 Å². The normalized spacial score (nSPS) is 23.9. The Hall–Kier alpha value is -2.36. The number of amides is 2. The lowest BCUT2D eigenvalue weighted by Crippen LogP contribution is -2.50. The number of urea groups is 1. The van der Waals surface area contributed by atoms with E-state index in [1.165, 1.54) is 12.0 Å². The predicted octanol–water partition coefficient (Wildman–Crippen LogP) is 6.08. The van der Waals surface area contributed by atoms with Crippen LogP contribution in [0.1, 0.15) is 64.5 Å². The predicted molar refractivity (Wildman–Crippen MR) is 136 cm³/mol. The average molecular weight is 465 g/mol. The summed E-state index contributed by atoms with van der Waals surface area (Å²) in [6.45, 7) is 10.5. The van der Waals surface area contributed by atoms with Crippen molar-refractivity contribution in [3.05, 3.63) is 52.2 Å². The summed E-state index contributed by atoms with van der Waals surface area (Å²) in [7, 11) is 0. The number of nitriles is 1. The minimum Gasteiger partial charge on any atom is -0.320 e. The van der Waals surface area contributed by atoms with Crippen molar-refractivity contribution in [3.8, 4) is 6.07 Å². The molecule has 0 bridgehead atoms. The summed E-state index contributed by atoms with van der Waals surface area (Å²) in [5.41, 5.74) is 3.14. The lowest BCUT2D eigenvalue weighted by molar-refractivity contribution is 0.120. The first kappa shape index (κ1) is 23.8. The van der Waals surface area contributed by atoms with Gasteiger partial charge in [0, 0.05) is 36.6 Å². The maximum Gasteiger partial charge on any atom is 0.322 e. The largest absolute Gasteiger partial charge is 0.322 e. The van der Waals surface area contributed by atoms with Crippen molar-refractivity contribution < 1.29 is 4.79 Å². The summed E-state index contributed by atoms with van der Waals surface area (Å²) in [5, 5.41) is 16.4. The van der Waals surface area contributed by atoms with Gasteiger partial charge in [-0.15, -0.1) is 0 Å². The van der Waals surface area contributed by atoms with Crippen molar-refractivity contribution in [2.45, 2.75) is 76.9 Å². The molecule has 2 aliphatic carbocycles. The summed E-state index contributed by atoms with van der Waals surface area (Å²) in [4.78, 5) is 17.9. The molecule has 6 heteroatoms. The Labute approximate surface area is 202 Å². The van der Waals surface area contributed by atoms with Gasteiger partial charge in [0.2, 0.25) is 0 Å². The lowest BCUT2D eigenvalue weighted by Gasteiger charge is -2.39. The maximum absolute atomic E-state index is 13.4. The summed E-state index contributed by atoms with van der Waals surface area (Å²) in [6, 6.07) is 13.6. The van der Waals surface area contributed by atoms with Crippen molar-refractivity contribution in [1.82, 2.24) is 9.80 Å². The van der Waals surface area contributed by atoms with Crippen LogP contribution in [0.5, 0.6) is 0 Å². The fourth-order valence-corrected chi connectivity index (χ4v) is 6.45. The van der Waals surface area contributed by atoms with Gasteiger partial charge in [0.15, 0.2) is 0 Å². The number of hydrogen-bond acceptors (Lipinski definition) is 4. The molecule has 1 unspecified atom stereocenters. The lowest BCUT2D eigenvalue weighted by atomic mass is 9.80. The molecule has 0 radical (unpaired) electrons. The summed E-state index contributed by atoms with van der Waals surface area (Å²) < 4.78 is 0. The molecule has 2 aliphatic rings. The molecule has 4 rings (SSSR count). The second kappa shape index (κ2) is 9.87. The van der Waals surface area contributed by atoms with Crippen molar-refractivity contribution >= 4 is 23.1 Å². The van der Waals surface area contributed by atoms with Gasteiger partial charge in [-0.1, -0.05) is 12.1 Å². The van der Waals surface area contributed by atoms with E-state index in [0.29, 0.717) is 18.0 Å². The van der Waals surface area contributed by atoms with Gasteiger partial charge in [-0.05, 0) is 93.9 Å². The zero-order valence-electron chi connectivity index (χ0n) is 20.3. The van der Waals surface area contributed by atoms with Gasteiger partial charge in [0.25, 0.3) is 0 Å². The first-order valence-electron chi connectivity index (χ1n) is 12.2. The van der Waals surface area contributed by atoms with E-state index in [1.54, 1.807) is 11.3 Å². The standard InChI is InChI=1S/C27H36N4OS/c1-19(2)30(20(3)4)11-12-31(26(32)29-24-9-13-33-18-24)25-8-10-27(16-23(27)15-25)22-7-5-6-21(14-22)17-28/h5-7,9,13-14,18-20,23,25H,8,10-12,15-16H2,1-4H3,(H,29,32)/t23?,25-,27+/m0/s1. The van der Waals surface area contributed by atoms with Gasteiger partial charge >= 0.3 is 6.03 Å². The van der Waals surface area contributed by atoms with Gasteiger partial charge in [-0.2, -0.15) is 16.6 Å². The third-order valence-electron chi connectivity index (χ3n) is 7.68. The molecule has 2 saturated carbocycles. The zero-order chi connectivity index (χ0) is 23.6. The number of hydrogen-bond donors (Lipinski definition) is 1. The molecule has 176 valence electrons. The minimum atomic E-state index is 0.0190. The Balaban J connectivity index is 1.48. The third kappa shape index (κ3) is 5.10. The number of anilines is 1. The number of fused-ring (bicyclic) bond motifs is 1. The Morgan fingerprint density at radius 1 is 1.24 bits per heavy atom. The Kier molecular flexibility index (Phi) is 7.11. The fraction of sp³-hybridized carbons (Fsp3) is 0.556. The van der Waals surface area contributed by atoms with Crippen LogP contribution in [0.2, 0.25) is 0 Å². The van der Waals surface area contributed by atoms with Crippen molar-refractivity contribution in [2.75, 3.05) is 18.4 Å². The average Bonchev–Trinajstić information content (AvgIpc) is 3.32. The highest BCUT2D eigenvalue weighted by molar-refractivity contribution is 7.08. The van der Waals surface area contributed by atoms with Gasteiger partial charge in [-0.3, -0.25) is 4.90 Å². The van der Waals surface area contributed by atoms with E-state index in [-0.39, 0.29) is 17.5 Å². The smallest absolute Gasteiger partial charge is 0.320 e. The van der Waals surface area contributed by atoms with Crippen molar-refractivity contribution in [1.29, 1.82) is 5.26 Å². The second-order valence-electron chi connectivity index (χ2n) is 10.2. The number of thiophene rings is 1. The molecule has 33 heavy (non-hydrogen) atoms. The molecule has 5 nitrogen and oxygen atoms in total. The van der Waals surface area contributed by atoms with Crippen LogP contribution in [0.4, 0.5) is 10.5 Å². The molecule has 3 atom stereocenters. The first-order chi connectivity index (χ1) is 15.8. The molecule has 0 aliphatic heterocycles. The Bertz CT molecular complexity index is 988. The molecule has 1 N–H and O–H groups in total. The van der Waals surface area contributed by atoms with E-state index in [9.17, 15) is 10.1 Å². The number of nitrogens with one attached hydrogen (secondary N) is 1. The monoisotopic (exact) mass is 464 g/mol. The van der Waals surface area contributed by atoms with E-state index < -0.39 is 0 Å². The number of rotatable bonds is 8. The first-order valence-corrected chi connectivity index (χ1v) is 13.1. The van der Waals surface area contributed by atoms with Gasteiger partial charge in [-0.25, -0.2) is 4.79 Å². The number of carbonyl (C=O) groups is 1. The highest BCUT2D eigenvalue weighted by Crippen LogP contribution is 2.62. The molecular weight excluding hydrogens is 428 g/mol.